The van der Waals surface area contributed by atoms with Gasteiger partial charge < -0.3 is 14.0 Å². The first-order chi connectivity index (χ1) is 13.2. The Labute approximate surface area is 162 Å². The minimum atomic E-state index is -0.261. The molecule has 6 heteroatoms. The zero-order valence-corrected chi connectivity index (χ0v) is 16.7. The third-order valence-electron chi connectivity index (χ3n) is 4.27. The number of methoxy groups -OCH3 is 1. The van der Waals surface area contributed by atoms with E-state index >= 15 is 0 Å². The summed E-state index contributed by atoms with van der Waals surface area (Å²) in [7, 11) is 1.65. The molecule has 27 heavy (non-hydrogen) atoms. The number of fused-ring (bicyclic) bond motifs is 1. The molecule has 0 atom stereocenters. The summed E-state index contributed by atoms with van der Waals surface area (Å²) < 4.78 is 14.2. The van der Waals surface area contributed by atoms with Crippen LogP contribution in [0.2, 0.25) is 0 Å². The van der Waals surface area contributed by atoms with Crippen molar-refractivity contribution in [3.05, 3.63) is 52.8 Å². The predicted molar refractivity (Wildman–Crippen MR) is 109 cm³/mol. The average Bonchev–Trinajstić information content (AvgIpc) is 3.05. The Balaban J connectivity index is 1.91. The van der Waals surface area contributed by atoms with Crippen LogP contribution in [0.5, 0.6) is 11.5 Å². The van der Waals surface area contributed by atoms with Gasteiger partial charge in [0.05, 0.1) is 18.4 Å². The fourth-order valence-electron chi connectivity index (χ4n) is 2.82. The highest BCUT2D eigenvalue weighted by molar-refractivity contribution is 7.16. The molecule has 0 spiro atoms. The van der Waals surface area contributed by atoms with E-state index in [4.69, 9.17) is 9.47 Å². The van der Waals surface area contributed by atoms with Crippen LogP contribution in [0.1, 0.15) is 37.0 Å². The zero-order chi connectivity index (χ0) is 19.2. The van der Waals surface area contributed by atoms with Crippen LogP contribution in [0, 0.1) is 0 Å². The largest absolute Gasteiger partial charge is 0.495 e. The van der Waals surface area contributed by atoms with Gasteiger partial charge in [-0.2, -0.15) is 4.99 Å². The third kappa shape index (κ3) is 4.22. The fourth-order valence-corrected chi connectivity index (χ4v) is 3.93. The van der Waals surface area contributed by atoms with E-state index in [0.29, 0.717) is 23.5 Å². The monoisotopic (exact) mass is 384 g/mol. The number of carbonyl (C=O) groups is 1. The average molecular weight is 385 g/mol. The molecule has 3 rings (SSSR count). The van der Waals surface area contributed by atoms with Gasteiger partial charge in [-0.05, 0) is 49.7 Å². The van der Waals surface area contributed by atoms with Crippen LogP contribution in [0.3, 0.4) is 0 Å². The van der Waals surface area contributed by atoms with E-state index in [-0.39, 0.29) is 5.91 Å². The first kappa shape index (κ1) is 19.2. The molecule has 0 saturated heterocycles. The number of benzene rings is 2. The summed E-state index contributed by atoms with van der Waals surface area (Å²) in [5.41, 5.74) is 1.52. The maximum atomic E-state index is 12.6. The van der Waals surface area contributed by atoms with Crippen molar-refractivity contribution >= 4 is 27.5 Å². The molecule has 1 aromatic heterocycles. The Morgan fingerprint density at radius 1 is 1.15 bits per heavy atom. The second-order valence-corrected chi connectivity index (χ2v) is 7.09. The molecule has 0 unspecified atom stereocenters. The lowest BCUT2D eigenvalue weighted by atomic mass is 10.2. The summed E-state index contributed by atoms with van der Waals surface area (Å²) in [5, 5.41) is 0. The van der Waals surface area contributed by atoms with Gasteiger partial charge in [-0.25, -0.2) is 0 Å². The van der Waals surface area contributed by atoms with Crippen LogP contribution >= 0.6 is 11.3 Å². The molecule has 0 aliphatic heterocycles. The molecule has 0 aliphatic carbocycles. The molecule has 0 radical (unpaired) electrons. The number of rotatable bonds is 7. The first-order valence-electron chi connectivity index (χ1n) is 9.16. The Kier molecular flexibility index (Phi) is 6.29. The molecular weight excluding hydrogens is 360 g/mol. The smallest absolute Gasteiger partial charge is 0.279 e. The molecule has 1 heterocycles. The van der Waals surface area contributed by atoms with E-state index < -0.39 is 0 Å². The number of aryl methyl sites for hydroxylation is 1. The van der Waals surface area contributed by atoms with E-state index in [1.165, 1.54) is 11.3 Å². The molecule has 0 N–H and O–H groups in total. The third-order valence-corrected chi connectivity index (χ3v) is 5.31. The van der Waals surface area contributed by atoms with Gasteiger partial charge in [0.1, 0.15) is 17.0 Å². The highest BCUT2D eigenvalue weighted by atomic mass is 32.1. The maximum absolute atomic E-state index is 12.6. The van der Waals surface area contributed by atoms with Crippen LogP contribution in [0.25, 0.3) is 10.2 Å². The molecule has 0 fully saturated rings. The Bertz CT molecular complexity index is 987. The lowest BCUT2D eigenvalue weighted by Crippen LogP contribution is -2.16. The number of hydrogen-bond donors (Lipinski definition) is 0. The highest BCUT2D eigenvalue weighted by Gasteiger charge is 2.12. The number of para-hydroxylation sites is 1. The minimum Gasteiger partial charge on any atom is -0.495 e. The highest BCUT2D eigenvalue weighted by Crippen LogP contribution is 2.27. The van der Waals surface area contributed by atoms with E-state index in [9.17, 15) is 4.79 Å². The van der Waals surface area contributed by atoms with Gasteiger partial charge in [0, 0.05) is 12.1 Å². The topological polar surface area (TPSA) is 52.8 Å². The minimum absolute atomic E-state index is 0.261. The maximum Gasteiger partial charge on any atom is 0.279 e. The van der Waals surface area contributed by atoms with E-state index in [1.807, 2.05) is 41.8 Å². The van der Waals surface area contributed by atoms with Gasteiger partial charge in [0.15, 0.2) is 4.80 Å². The van der Waals surface area contributed by atoms with Crippen molar-refractivity contribution in [2.45, 2.75) is 33.2 Å². The van der Waals surface area contributed by atoms with Crippen molar-refractivity contribution in [3.8, 4) is 11.5 Å². The molecular formula is C21H24N2O3S. The normalized spacial score (nSPS) is 11.7. The molecule has 0 bridgehead atoms. The number of hydrogen-bond acceptors (Lipinski definition) is 4. The van der Waals surface area contributed by atoms with Crippen molar-refractivity contribution in [1.29, 1.82) is 0 Å². The molecule has 142 valence electrons. The van der Waals surface area contributed by atoms with Gasteiger partial charge in [-0.3, -0.25) is 4.79 Å². The van der Waals surface area contributed by atoms with E-state index in [2.05, 4.69) is 11.9 Å². The number of amides is 1. The van der Waals surface area contributed by atoms with Gasteiger partial charge >= 0.3 is 0 Å². The Morgan fingerprint density at radius 2 is 1.93 bits per heavy atom. The number of aromatic nitrogens is 1. The van der Waals surface area contributed by atoms with Crippen LogP contribution in [0.4, 0.5) is 0 Å². The van der Waals surface area contributed by atoms with Gasteiger partial charge in [-0.15, -0.1) is 0 Å². The molecule has 1 amide bonds. The van der Waals surface area contributed by atoms with Crippen molar-refractivity contribution in [3.63, 3.8) is 0 Å². The zero-order valence-electron chi connectivity index (χ0n) is 15.9. The quantitative estimate of drug-likeness (QED) is 0.557. The molecule has 2 aromatic carbocycles. The first-order valence-corrected chi connectivity index (χ1v) is 9.97. The van der Waals surface area contributed by atoms with Gasteiger partial charge in [0.25, 0.3) is 5.91 Å². The summed E-state index contributed by atoms with van der Waals surface area (Å²) in [5.74, 6) is 1.30. The van der Waals surface area contributed by atoms with Crippen molar-refractivity contribution in [2.24, 2.45) is 4.99 Å². The summed E-state index contributed by atoms with van der Waals surface area (Å²) in [6.07, 6.45) is 2.11. The Morgan fingerprint density at radius 3 is 2.59 bits per heavy atom. The number of unbranched alkanes of at least 4 members (excludes halogenated alkanes) is 1. The molecule has 0 aliphatic rings. The second kappa shape index (κ2) is 8.86. The number of nitrogens with zero attached hydrogens (tertiary/aromatic N) is 2. The lowest BCUT2D eigenvalue weighted by molar-refractivity contribution is 0.0998. The number of carbonyl (C=O) groups excluding carboxylic acids is 1. The van der Waals surface area contributed by atoms with Crippen LogP contribution in [0.15, 0.2) is 47.5 Å². The summed E-state index contributed by atoms with van der Waals surface area (Å²) in [6.45, 7) is 5.55. The number of thiazole rings is 1. The van der Waals surface area contributed by atoms with E-state index in [0.717, 1.165) is 34.6 Å². The summed E-state index contributed by atoms with van der Waals surface area (Å²) >= 11 is 1.49. The van der Waals surface area contributed by atoms with Crippen LogP contribution in [-0.2, 0) is 6.54 Å². The van der Waals surface area contributed by atoms with E-state index in [1.54, 1.807) is 19.2 Å². The van der Waals surface area contributed by atoms with Crippen molar-refractivity contribution in [2.75, 3.05) is 13.7 Å². The predicted octanol–water partition coefficient (Wildman–Crippen LogP) is 4.65. The number of ether oxygens (including phenoxy) is 2. The van der Waals surface area contributed by atoms with Gasteiger partial charge in [0.2, 0.25) is 0 Å². The molecule has 0 saturated carbocycles. The van der Waals surface area contributed by atoms with Crippen LogP contribution in [-0.4, -0.2) is 24.2 Å². The summed E-state index contributed by atoms with van der Waals surface area (Å²) in [4.78, 5) is 17.7. The van der Waals surface area contributed by atoms with Crippen LogP contribution < -0.4 is 14.3 Å². The SMILES string of the molecule is CCCCOc1ccc(C(=O)N=c2sc3cccc(OC)c3n2CC)cc1. The molecule has 3 aromatic rings. The van der Waals surface area contributed by atoms with Crippen molar-refractivity contribution in [1.82, 2.24) is 4.57 Å². The standard InChI is InChI=1S/C21H24N2O3S/c1-4-6-14-26-16-12-10-15(11-13-16)20(24)22-21-23(5-2)19-17(25-3)8-7-9-18(19)27-21/h7-13H,4-6,14H2,1-3H3. The Hall–Kier alpha value is -2.60. The van der Waals surface area contributed by atoms with Crippen molar-refractivity contribution < 1.29 is 14.3 Å². The summed E-state index contributed by atoms with van der Waals surface area (Å²) in [6, 6.07) is 13.0. The second-order valence-electron chi connectivity index (χ2n) is 6.08. The van der Waals surface area contributed by atoms with Gasteiger partial charge in [-0.1, -0.05) is 30.7 Å². The lowest BCUT2D eigenvalue weighted by Gasteiger charge is -2.06. The molecule has 5 nitrogen and oxygen atoms in total. The fraction of sp³-hybridized carbons (Fsp3) is 0.333.